The Hall–Kier alpha value is -0.940. The summed E-state index contributed by atoms with van der Waals surface area (Å²) in [7, 11) is -3.45. The van der Waals surface area contributed by atoms with Crippen LogP contribution < -0.4 is 4.72 Å². The predicted octanol–water partition coefficient (Wildman–Crippen LogP) is 2.43. The number of benzene rings is 1. The second-order valence-electron chi connectivity index (χ2n) is 5.75. The Bertz CT molecular complexity index is 573. The van der Waals surface area contributed by atoms with Gasteiger partial charge in [-0.05, 0) is 37.2 Å². The fourth-order valence-corrected chi connectivity index (χ4v) is 4.96. The molecule has 2 saturated carbocycles. The molecule has 2 aliphatic rings. The second kappa shape index (κ2) is 4.87. The zero-order valence-corrected chi connectivity index (χ0v) is 11.5. The highest BCUT2D eigenvalue weighted by Gasteiger charge is 2.41. The summed E-state index contributed by atoms with van der Waals surface area (Å²) in [4.78, 5) is 0. The van der Waals surface area contributed by atoms with Crippen molar-refractivity contribution in [3.63, 3.8) is 0 Å². The number of fused-ring (bicyclic) bond motifs is 2. The summed E-state index contributed by atoms with van der Waals surface area (Å²) < 4.78 is 40.5. The van der Waals surface area contributed by atoms with Crippen LogP contribution >= 0.6 is 0 Å². The normalized spacial score (nSPS) is 29.8. The number of rotatable bonds is 4. The van der Waals surface area contributed by atoms with Crippen molar-refractivity contribution < 1.29 is 12.8 Å². The van der Waals surface area contributed by atoms with Crippen molar-refractivity contribution in [2.75, 3.05) is 0 Å². The standard InChI is InChI=1S/C14H18FNO2S/c15-13-4-2-1-3-12(13)9-19(17,18)16-14-8-10-5-6-11(14)7-10/h1-4,10-11,14,16H,5-9H2/t10-,11+,14+/m0/s1. The van der Waals surface area contributed by atoms with Crippen molar-refractivity contribution in [1.29, 1.82) is 0 Å². The number of halogens is 1. The molecule has 0 spiro atoms. The summed E-state index contributed by atoms with van der Waals surface area (Å²) >= 11 is 0. The van der Waals surface area contributed by atoms with Crippen molar-refractivity contribution in [3.05, 3.63) is 35.6 Å². The lowest BCUT2D eigenvalue weighted by Gasteiger charge is -2.22. The third kappa shape index (κ3) is 2.82. The number of hydrogen-bond acceptors (Lipinski definition) is 2. The molecule has 0 aromatic heterocycles. The summed E-state index contributed by atoms with van der Waals surface area (Å²) in [6.07, 6.45) is 4.45. The SMILES string of the molecule is O=S(=O)(Cc1ccccc1F)N[C@@H]1C[C@H]2CC[C@@H]1C2. The Morgan fingerprint density at radius 3 is 2.63 bits per heavy atom. The van der Waals surface area contributed by atoms with Crippen LogP contribution in [-0.4, -0.2) is 14.5 Å². The van der Waals surface area contributed by atoms with Gasteiger partial charge in [0, 0.05) is 11.6 Å². The molecule has 3 rings (SSSR count). The quantitative estimate of drug-likeness (QED) is 0.922. The maximum absolute atomic E-state index is 13.5. The summed E-state index contributed by atoms with van der Waals surface area (Å²) in [6.45, 7) is 0. The smallest absolute Gasteiger partial charge is 0.212 e. The van der Waals surface area contributed by atoms with Gasteiger partial charge in [-0.25, -0.2) is 17.5 Å². The van der Waals surface area contributed by atoms with Crippen molar-refractivity contribution in [2.24, 2.45) is 11.8 Å². The molecule has 19 heavy (non-hydrogen) atoms. The van der Waals surface area contributed by atoms with Gasteiger partial charge < -0.3 is 0 Å². The third-order valence-electron chi connectivity index (χ3n) is 4.37. The van der Waals surface area contributed by atoms with Crippen LogP contribution in [0, 0.1) is 17.7 Å². The fraction of sp³-hybridized carbons (Fsp3) is 0.571. The molecular formula is C14H18FNO2S. The Morgan fingerprint density at radius 2 is 2.00 bits per heavy atom. The van der Waals surface area contributed by atoms with Crippen molar-refractivity contribution in [3.8, 4) is 0 Å². The van der Waals surface area contributed by atoms with E-state index in [-0.39, 0.29) is 17.4 Å². The van der Waals surface area contributed by atoms with Crippen LogP contribution in [0.1, 0.15) is 31.2 Å². The van der Waals surface area contributed by atoms with Gasteiger partial charge in [0.1, 0.15) is 5.82 Å². The molecule has 0 unspecified atom stereocenters. The molecule has 0 heterocycles. The minimum atomic E-state index is -3.45. The van der Waals surface area contributed by atoms with Crippen LogP contribution in [0.5, 0.6) is 0 Å². The van der Waals surface area contributed by atoms with Crippen molar-refractivity contribution >= 4 is 10.0 Å². The van der Waals surface area contributed by atoms with Gasteiger partial charge in [-0.15, -0.1) is 0 Å². The lowest BCUT2D eigenvalue weighted by atomic mass is 9.96. The van der Waals surface area contributed by atoms with E-state index in [1.807, 2.05) is 0 Å². The first-order valence-electron chi connectivity index (χ1n) is 6.77. The maximum Gasteiger partial charge on any atom is 0.216 e. The molecule has 1 N–H and O–H groups in total. The number of sulfonamides is 1. The number of nitrogens with one attached hydrogen (secondary N) is 1. The van der Waals surface area contributed by atoms with E-state index < -0.39 is 15.8 Å². The molecule has 1 aromatic carbocycles. The highest BCUT2D eigenvalue weighted by Crippen LogP contribution is 2.44. The lowest BCUT2D eigenvalue weighted by molar-refractivity contribution is 0.390. The molecule has 0 saturated heterocycles. The van der Waals surface area contributed by atoms with Gasteiger partial charge in [0.2, 0.25) is 10.0 Å². The van der Waals surface area contributed by atoms with Crippen LogP contribution in [0.15, 0.2) is 24.3 Å². The molecular weight excluding hydrogens is 265 g/mol. The Balaban J connectivity index is 1.68. The van der Waals surface area contributed by atoms with E-state index in [1.165, 1.54) is 18.6 Å². The minimum Gasteiger partial charge on any atom is -0.212 e. The molecule has 0 radical (unpaired) electrons. The topological polar surface area (TPSA) is 46.2 Å². The molecule has 0 amide bonds. The van der Waals surface area contributed by atoms with Gasteiger partial charge in [0.15, 0.2) is 0 Å². The molecule has 3 atom stereocenters. The summed E-state index contributed by atoms with van der Waals surface area (Å²) in [5.74, 6) is 0.445. The van der Waals surface area contributed by atoms with Crippen molar-refractivity contribution in [2.45, 2.75) is 37.5 Å². The molecule has 2 aliphatic carbocycles. The van der Waals surface area contributed by atoms with E-state index in [4.69, 9.17) is 0 Å². The van der Waals surface area contributed by atoms with E-state index in [0.29, 0.717) is 11.8 Å². The highest BCUT2D eigenvalue weighted by atomic mass is 32.2. The van der Waals surface area contributed by atoms with E-state index in [1.54, 1.807) is 12.1 Å². The lowest BCUT2D eigenvalue weighted by Crippen LogP contribution is -2.39. The second-order valence-corrected chi connectivity index (χ2v) is 7.50. The first-order chi connectivity index (χ1) is 9.03. The van der Waals surface area contributed by atoms with E-state index in [9.17, 15) is 12.8 Å². The van der Waals surface area contributed by atoms with E-state index >= 15 is 0 Å². The monoisotopic (exact) mass is 283 g/mol. The van der Waals surface area contributed by atoms with Gasteiger partial charge in [0.25, 0.3) is 0 Å². The van der Waals surface area contributed by atoms with E-state index in [0.717, 1.165) is 19.3 Å². The largest absolute Gasteiger partial charge is 0.216 e. The zero-order chi connectivity index (χ0) is 13.5. The van der Waals surface area contributed by atoms with E-state index in [2.05, 4.69) is 4.72 Å². The molecule has 2 fully saturated rings. The average Bonchev–Trinajstić information content (AvgIpc) is 2.93. The summed E-state index contributed by atoms with van der Waals surface area (Å²) in [6, 6.07) is 6.11. The van der Waals surface area contributed by atoms with Crippen molar-refractivity contribution in [1.82, 2.24) is 4.72 Å². The highest BCUT2D eigenvalue weighted by molar-refractivity contribution is 7.88. The average molecular weight is 283 g/mol. The molecule has 0 aliphatic heterocycles. The van der Waals surface area contributed by atoms with Crippen LogP contribution in [-0.2, 0) is 15.8 Å². The first kappa shape index (κ1) is 13.1. The molecule has 1 aromatic rings. The summed E-state index contributed by atoms with van der Waals surface area (Å²) in [5, 5.41) is 0. The Morgan fingerprint density at radius 1 is 1.21 bits per heavy atom. The van der Waals surface area contributed by atoms with Gasteiger partial charge in [-0.2, -0.15) is 0 Å². The summed E-state index contributed by atoms with van der Waals surface area (Å²) in [5.41, 5.74) is 0.234. The minimum absolute atomic E-state index is 0.0653. The molecule has 104 valence electrons. The molecule has 5 heteroatoms. The Labute approximate surface area is 113 Å². The fourth-order valence-electron chi connectivity index (χ4n) is 3.48. The van der Waals surface area contributed by atoms with Gasteiger partial charge in [-0.1, -0.05) is 24.6 Å². The van der Waals surface area contributed by atoms with Crippen LogP contribution in [0.2, 0.25) is 0 Å². The first-order valence-corrected chi connectivity index (χ1v) is 8.42. The molecule has 3 nitrogen and oxygen atoms in total. The van der Waals surface area contributed by atoms with Crippen LogP contribution in [0.25, 0.3) is 0 Å². The van der Waals surface area contributed by atoms with Gasteiger partial charge in [-0.3, -0.25) is 0 Å². The van der Waals surface area contributed by atoms with Gasteiger partial charge in [0.05, 0.1) is 5.75 Å². The molecule has 2 bridgehead atoms. The number of hydrogen-bond donors (Lipinski definition) is 1. The Kier molecular flexibility index (Phi) is 3.35. The van der Waals surface area contributed by atoms with Crippen LogP contribution in [0.3, 0.4) is 0 Å². The predicted molar refractivity (Wildman–Crippen MR) is 71.4 cm³/mol. The maximum atomic E-state index is 13.5. The van der Waals surface area contributed by atoms with Gasteiger partial charge >= 0.3 is 0 Å². The van der Waals surface area contributed by atoms with Crippen LogP contribution in [0.4, 0.5) is 4.39 Å². The third-order valence-corrected chi connectivity index (χ3v) is 5.73. The zero-order valence-electron chi connectivity index (χ0n) is 10.7.